The Hall–Kier alpha value is -1.28. The number of benzene rings is 1. The quantitative estimate of drug-likeness (QED) is 0.792. The highest BCUT2D eigenvalue weighted by Gasteiger charge is 2.15. The van der Waals surface area contributed by atoms with E-state index in [-0.39, 0.29) is 9.88 Å². The minimum Gasteiger partial charge on any atom is -0.389 e. The van der Waals surface area contributed by atoms with Gasteiger partial charge in [0.1, 0.15) is 4.99 Å². The summed E-state index contributed by atoms with van der Waals surface area (Å²) in [5, 5.41) is 1.97. The van der Waals surface area contributed by atoms with E-state index in [4.69, 9.17) is 18.0 Å². The van der Waals surface area contributed by atoms with Gasteiger partial charge in [0.25, 0.3) is 0 Å². The number of hydrogen-bond donors (Lipinski definition) is 2. The predicted molar refractivity (Wildman–Crippen MR) is 90.1 cm³/mol. The Bertz CT molecular complexity index is 751. The maximum atomic E-state index is 12.3. The molecule has 0 fully saturated rings. The molecule has 0 spiro atoms. The Labute approximate surface area is 134 Å². The minimum atomic E-state index is -3.58. The average Bonchev–Trinajstić information content (AvgIpc) is 2.93. The van der Waals surface area contributed by atoms with Crippen molar-refractivity contribution in [3.8, 4) is 0 Å². The number of nitrogens with two attached hydrogens (primary N) is 1. The first-order valence-corrected chi connectivity index (χ1v) is 9.16. The van der Waals surface area contributed by atoms with Crippen molar-refractivity contribution in [2.75, 3.05) is 0 Å². The monoisotopic (exact) mass is 340 g/mol. The number of aryl methyl sites for hydroxylation is 1. The molecule has 1 heterocycles. The number of rotatable bonds is 6. The predicted octanol–water partition coefficient (Wildman–Crippen LogP) is 2.42. The number of thiocarbonyl (C=S) groups is 1. The van der Waals surface area contributed by atoms with Gasteiger partial charge in [-0.05, 0) is 35.6 Å². The molecule has 3 N–H and O–H groups in total. The third-order valence-corrected chi connectivity index (χ3v) is 5.67. The van der Waals surface area contributed by atoms with Gasteiger partial charge in [0.05, 0.1) is 4.90 Å². The molecule has 0 atom stereocenters. The molecule has 0 saturated carbocycles. The van der Waals surface area contributed by atoms with Gasteiger partial charge in [0.15, 0.2) is 0 Å². The second-order valence-corrected chi connectivity index (χ2v) is 7.65. The smallest absolute Gasteiger partial charge is 0.240 e. The van der Waals surface area contributed by atoms with E-state index in [0.29, 0.717) is 12.1 Å². The van der Waals surface area contributed by atoms with Crippen LogP contribution in [0.25, 0.3) is 0 Å². The van der Waals surface area contributed by atoms with Gasteiger partial charge in [-0.2, -0.15) is 0 Å². The lowest BCUT2D eigenvalue weighted by Crippen LogP contribution is -2.23. The summed E-state index contributed by atoms with van der Waals surface area (Å²) in [4.78, 5) is 1.38. The van der Waals surface area contributed by atoms with Crippen LogP contribution in [0.1, 0.15) is 22.9 Å². The van der Waals surface area contributed by atoms with Crippen molar-refractivity contribution in [1.29, 1.82) is 0 Å². The van der Waals surface area contributed by atoms with E-state index in [9.17, 15) is 8.42 Å². The second kappa shape index (κ2) is 6.65. The fourth-order valence-electron chi connectivity index (χ4n) is 1.90. The van der Waals surface area contributed by atoms with Crippen LogP contribution in [-0.2, 0) is 23.0 Å². The summed E-state index contributed by atoms with van der Waals surface area (Å²) < 4.78 is 27.2. The maximum Gasteiger partial charge on any atom is 0.240 e. The Kier molecular flexibility index (Phi) is 5.10. The molecule has 0 radical (unpaired) electrons. The maximum absolute atomic E-state index is 12.3. The zero-order valence-corrected chi connectivity index (χ0v) is 13.9. The van der Waals surface area contributed by atoms with Gasteiger partial charge in [-0.3, -0.25) is 0 Å². The molecule has 0 aliphatic heterocycles. The van der Waals surface area contributed by atoms with E-state index >= 15 is 0 Å². The Balaban J connectivity index is 2.19. The highest BCUT2D eigenvalue weighted by Crippen LogP contribution is 2.18. The van der Waals surface area contributed by atoms with E-state index in [1.165, 1.54) is 17.7 Å². The van der Waals surface area contributed by atoms with E-state index < -0.39 is 10.0 Å². The molecule has 0 unspecified atom stereocenters. The first-order valence-electron chi connectivity index (χ1n) is 6.39. The zero-order valence-electron chi connectivity index (χ0n) is 11.5. The molecule has 0 amide bonds. The number of sulfonamides is 1. The Morgan fingerprint density at radius 2 is 2.14 bits per heavy atom. The number of hydrogen-bond acceptors (Lipinski definition) is 4. The molecule has 2 aromatic rings. The third-order valence-electron chi connectivity index (χ3n) is 3.07. The van der Waals surface area contributed by atoms with Gasteiger partial charge in [-0.1, -0.05) is 31.3 Å². The summed E-state index contributed by atoms with van der Waals surface area (Å²) in [6, 6.07) is 8.35. The van der Waals surface area contributed by atoms with Crippen LogP contribution < -0.4 is 10.5 Å². The van der Waals surface area contributed by atoms with Crippen LogP contribution in [-0.4, -0.2) is 13.4 Å². The second-order valence-electron chi connectivity index (χ2n) is 4.44. The summed E-state index contributed by atoms with van der Waals surface area (Å²) in [6.07, 6.45) is 0.886. The number of nitrogens with one attached hydrogen (secondary N) is 1. The summed E-state index contributed by atoms with van der Waals surface area (Å²) in [6.45, 7) is 2.34. The van der Waals surface area contributed by atoms with E-state index in [2.05, 4.69) is 4.72 Å². The molecule has 2 rings (SSSR count). The van der Waals surface area contributed by atoms with Crippen molar-refractivity contribution >= 4 is 38.6 Å². The van der Waals surface area contributed by atoms with Crippen molar-refractivity contribution in [2.24, 2.45) is 5.73 Å². The lowest BCUT2D eigenvalue weighted by atomic mass is 10.2. The van der Waals surface area contributed by atoms with Crippen LogP contribution in [0.3, 0.4) is 0 Å². The topological polar surface area (TPSA) is 72.2 Å². The summed E-state index contributed by atoms with van der Waals surface area (Å²) in [5.74, 6) is 0. The van der Waals surface area contributed by atoms with Gasteiger partial charge in [0.2, 0.25) is 10.0 Å². The van der Waals surface area contributed by atoms with E-state index in [1.807, 2.05) is 18.4 Å². The van der Waals surface area contributed by atoms with Crippen LogP contribution in [0.2, 0.25) is 0 Å². The first-order chi connectivity index (χ1) is 9.94. The lowest BCUT2D eigenvalue weighted by molar-refractivity contribution is 0.581. The van der Waals surface area contributed by atoms with Crippen molar-refractivity contribution in [3.05, 3.63) is 51.7 Å². The average molecular weight is 340 g/mol. The van der Waals surface area contributed by atoms with Crippen molar-refractivity contribution in [1.82, 2.24) is 4.72 Å². The zero-order chi connectivity index (χ0) is 15.5. The fraction of sp³-hybridized carbons (Fsp3) is 0.214. The molecular formula is C14H16N2O2S3. The van der Waals surface area contributed by atoms with Crippen LogP contribution in [0.5, 0.6) is 0 Å². The minimum absolute atomic E-state index is 0.169. The molecule has 0 aliphatic rings. The molecule has 21 heavy (non-hydrogen) atoms. The molecule has 112 valence electrons. The van der Waals surface area contributed by atoms with Crippen molar-refractivity contribution in [2.45, 2.75) is 24.8 Å². The van der Waals surface area contributed by atoms with Crippen LogP contribution in [0.4, 0.5) is 0 Å². The normalized spacial score (nSPS) is 11.5. The standard InChI is InChI=1S/C14H16N2O2S3/c1-2-10-6-7-20-13(10)9-16-21(17,18)12-5-3-4-11(8-12)14(15)19/h3-8,16H,2,9H2,1H3,(H2,15,19). The lowest BCUT2D eigenvalue weighted by Gasteiger charge is -2.08. The Morgan fingerprint density at radius 1 is 1.38 bits per heavy atom. The molecule has 1 aromatic heterocycles. The number of thiophene rings is 1. The molecule has 4 nitrogen and oxygen atoms in total. The van der Waals surface area contributed by atoms with E-state index in [1.54, 1.807) is 23.5 Å². The molecule has 0 saturated heterocycles. The largest absolute Gasteiger partial charge is 0.389 e. The Morgan fingerprint density at radius 3 is 2.81 bits per heavy atom. The van der Waals surface area contributed by atoms with Crippen molar-refractivity contribution in [3.63, 3.8) is 0 Å². The van der Waals surface area contributed by atoms with Gasteiger partial charge >= 0.3 is 0 Å². The molecule has 0 aliphatic carbocycles. The third kappa shape index (κ3) is 3.88. The highest BCUT2D eigenvalue weighted by atomic mass is 32.2. The SMILES string of the molecule is CCc1ccsc1CNS(=O)(=O)c1cccc(C(N)=S)c1. The summed E-state index contributed by atoms with van der Waals surface area (Å²) in [7, 11) is -3.58. The van der Waals surface area contributed by atoms with Crippen LogP contribution in [0.15, 0.2) is 40.6 Å². The summed E-state index contributed by atoms with van der Waals surface area (Å²) >= 11 is 6.42. The van der Waals surface area contributed by atoms with Gasteiger partial charge < -0.3 is 5.73 Å². The van der Waals surface area contributed by atoms with Gasteiger partial charge in [0, 0.05) is 17.0 Å². The fourth-order valence-corrected chi connectivity index (χ4v) is 4.07. The van der Waals surface area contributed by atoms with Gasteiger partial charge in [-0.15, -0.1) is 11.3 Å². The molecule has 7 heteroatoms. The molecule has 1 aromatic carbocycles. The highest BCUT2D eigenvalue weighted by molar-refractivity contribution is 7.89. The summed E-state index contributed by atoms with van der Waals surface area (Å²) in [5.41, 5.74) is 7.24. The van der Waals surface area contributed by atoms with Crippen LogP contribution >= 0.6 is 23.6 Å². The van der Waals surface area contributed by atoms with Crippen LogP contribution in [0, 0.1) is 0 Å². The molecule has 0 bridgehead atoms. The first kappa shape index (κ1) is 16.1. The van der Waals surface area contributed by atoms with Gasteiger partial charge in [-0.25, -0.2) is 13.1 Å². The van der Waals surface area contributed by atoms with Crippen molar-refractivity contribution < 1.29 is 8.42 Å². The van der Waals surface area contributed by atoms with E-state index in [0.717, 1.165) is 11.3 Å². The molecular weight excluding hydrogens is 324 g/mol.